The van der Waals surface area contributed by atoms with Crippen molar-refractivity contribution in [2.45, 2.75) is 0 Å². The van der Waals surface area contributed by atoms with Gasteiger partial charge in [-0.25, -0.2) is 0 Å². The summed E-state index contributed by atoms with van der Waals surface area (Å²) in [6, 6.07) is 7.41. The van der Waals surface area contributed by atoms with Gasteiger partial charge in [-0.1, -0.05) is 11.5 Å². The summed E-state index contributed by atoms with van der Waals surface area (Å²) in [5, 5.41) is 8.51. The smallest absolute Gasteiger partial charge is 0.139 e. The van der Waals surface area contributed by atoms with Crippen molar-refractivity contribution in [1.82, 2.24) is 0 Å². The van der Waals surface area contributed by atoms with E-state index in [1.807, 2.05) is 20.0 Å². The summed E-state index contributed by atoms with van der Waals surface area (Å²) in [5.41, 5.74) is 7.64. The molecule has 0 heterocycles. The first-order valence-electron chi connectivity index (χ1n) is 3.00. The van der Waals surface area contributed by atoms with E-state index in [-0.39, 0.29) is 0 Å². The van der Waals surface area contributed by atoms with Gasteiger partial charge in [0, 0.05) is 5.69 Å². The van der Waals surface area contributed by atoms with Crippen LogP contribution < -0.4 is 11.2 Å². The first-order chi connectivity index (χ1) is 4.74. The van der Waals surface area contributed by atoms with E-state index < -0.39 is 0 Å². The fourth-order valence-electron chi connectivity index (χ4n) is 0.767. The highest BCUT2D eigenvalue weighted by molar-refractivity contribution is 6.32. The molecule has 0 aliphatic rings. The summed E-state index contributed by atoms with van der Waals surface area (Å²) < 4.78 is 0. The minimum absolute atomic E-state index is 0.549. The summed E-state index contributed by atoms with van der Waals surface area (Å²) in [4.78, 5) is 0. The van der Waals surface area contributed by atoms with Crippen molar-refractivity contribution in [2.75, 3.05) is 5.73 Å². The molecule has 1 rings (SSSR count). The van der Waals surface area contributed by atoms with E-state index in [1.165, 1.54) is 0 Å². The van der Waals surface area contributed by atoms with Gasteiger partial charge in [0.15, 0.2) is 0 Å². The molecular weight excluding hydrogens is 123 g/mol. The van der Waals surface area contributed by atoms with E-state index in [2.05, 4.69) is 0 Å². The maximum Gasteiger partial charge on any atom is 0.139 e. The predicted molar refractivity (Wildman–Crippen MR) is 43.7 cm³/mol. The van der Waals surface area contributed by atoms with Crippen LogP contribution in [-0.2, 0) is 0 Å². The largest absolute Gasteiger partial charge is 0.398 e. The molecular formula is C7H7BN2. The van der Waals surface area contributed by atoms with E-state index in [0.717, 1.165) is 5.46 Å². The third kappa shape index (κ3) is 1.11. The van der Waals surface area contributed by atoms with Crippen LogP contribution in [0.25, 0.3) is 0 Å². The molecule has 1 aromatic rings. The van der Waals surface area contributed by atoms with Crippen LogP contribution in [0.5, 0.6) is 0 Å². The number of nitriles is 1. The van der Waals surface area contributed by atoms with E-state index in [0.29, 0.717) is 11.3 Å². The molecule has 0 bridgehead atoms. The zero-order chi connectivity index (χ0) is 7.56. The monoisotopic (exact) mass is 130 g/mol. The molecule has 0 amide bonds. The van der Waals surface area contributed by atoms with Crippen LogP contribution in [-0.4, -0.2) is 7.85 Å². The highest BCUT2D eigenvalue weighted by atomic mass is 14.6. The van der Waals surface area contributed by atoms with Crippen LogP contribution in [0.4, 0.5) is 5.69 Å². The quantitative estimate of drug-likeness (QED) is 0.376. The first-order valence-corrected chi connectivity index (χ1v) is 3.00. The van der Waals surface area contributed by atoms with Crippen molar-refractivity contribution in [1.29, 1.82) is 5.26 Å². The lowest BCUT2D eigenvalue weighted by Gasteiger charge is -1.96. The van der Waals surface area contributed by atoms with Crippen molar-refractivity contribution in [3.63, 3.8) is 0 Å². The Morgan fingerprint density at radius 2 is 2.20 bits per heavy atom. The van der Waals surface area contributed by atoms with E-state index in [1.54, 1.807) is 12.1 Å². The molecule has 0 saturated carbocycles. The van der Waals surface area contributed by atoms with Gasteiger partial charge in [-0.15, -0.1) is 0 Å². The van der Waals surface area contributed by atoms with Crippen molar-refractivity contribution in [3.05, 3.63) is 23.8 Å². The fourth-order valence-corrected chi connectivity index (χ4v) is 0.767. The van der Waals surface area contributed by atoms with Crippen molar-refractivity contribution < 1.29 is 0 Å². The van der Waals surface area contributed by atoms with Gasteiger partial charge in [-0.3, -0.25) is 0 Å². The Morgan fingerprint density at radius 3 is 2.70 bits per heavy atom. The van der Waals surface area contributed by atoms with Gasteiger partial charge < -0.3 is 5.73 Å². The minimum Gasteiger partial charge on any atom is -0.398 e. The zero-order valence-corrected chi connectivity index (χ0v) is 5.76. The topological polar surface area (TPSA) is 49.8 Å². The summed E-state index contributed by atoms with van der Waals surface area (Å²) in [6.45, 7) is 0. The van der Waals surface area contributed by atoms with Gasteiger partial charge in [0.2, 0.25) is 0 Å². The second-order valence-electron chi connectivity index (χ2n) is 2.20. The third-order valence-corrected chi connectivity index (χ3v) is 1.33. The van der Waals surface area contributed by atoms with Gasteiger partial charge in [-0.2, -0.15) is 5.26 Å². The molecule has 10 heavy (non-hydrogen) atoms. The van der Waals surface area contributed by atoms with Crippen LogP contribution in [0.3, 0.4) is 0 Å². The van der Waals surface area contributed by atoms with Crippen LogP contribution in [0.15, 0.2) is 18.2 Å². The Hall–Kier alpha value is -1.43. The molecule has 0 radical (unpaired) electrons. The number of benzene rings is 1. The normalized spacial score (nSPS) is 8.70. The second-order valence-corrected chi connectivity index (χ2v) is 2.20. The Balaban J connectivity index is 3.25. The minimum atomic E-state index is 0.549. The number of nitrogens with two attached hydrogens (primary N) is 1. The Morgan fingerprint density at radius 1 is 1.50 bits per heavy atom. The Bertz CT molecular complexity index is 288. The maximum atomic E-state index is 8.51. The number of hydrogen-bond acceptors (Lipinski definition) is 2. The van der Waals surface area contributed by atoms with E-state index in [9.17, 15) is 0 Å². The lowest BCUT2D eigenvalue weighted by molar-refractivity contribution is 1.49. The molecule has 0 aliphatic carbocycles. The van der Waals surface area contributed by atoms with Crippen molar-refractivity contribution in [3.8, 4) is 6.07 Å². The number of nitrogen functional groups attached to an aromatic ring is 1. The molecule has 0 unspecified atom stereocenters. The molecule has 0 atom stereocenters. The van der Waals surface area contributed by atoms with Crippen LogP contribution in [0.1, 0.15) is 5.56 Å². The standard InChI is InChI=1S/C7H7BN2/c8-6-1-2-7(10)5(3-6)4-9/h1-3H,8,10H2. The average Bonchev–Trinajstić information content (AvgIpc) is 1.94. The third-order valence-electron chi connectivity index (χ3n) is 1.33. The second kappa shape index (κ2) is 2.44. The van der Waals surface area contributed by atoms with Crippen molar-refractivity contribution >= 4 is 19.0 Å². The molecule has 0 fully saturated rings. The zero-order valence-electron chi connectivity index (χ0n) is 5.76. The fraction of sp³-hybridized carbons (Fsp3) is 0. The highest BCUT2D eigenvalue weighted by Gasteiger charge is 1.94. The predicted octanol–water partition coefficient (Wildman–Crippen LogP) is -0.601. The van der Waals surface area contributed by atoms with Gasteiger partial charge in [-0.05, 0) is 12.1 Å². The first kappa shape index (κ1) is 6.69. The molecule has 48 valence electrons. The molecule has 0 aliphatic heterocycles. The van der Waals surface area contributed by atoms with Gasteiger partial charge in [0.1, 0.15) is 13.9 Å². The number of anilines is 1. The Labute approximate surface area is 60.7 Å². The van der Waals surface area contributed by atoms with Crippen LogP contribution in [0, 0.1) is 11.3 Å². The SMILES string of the molecule is Bc1ccc(N)c(C#N)c1. The highest BCUT2D eigenvalue weighted by Crippen LogP contribution is 2.05. The van der Waals surface area contributed by atoms with E-state index in [4.69, 9.17) is 11.0 Å². The Kier molecular flexibility index (Phi) is 1.64. The van der Waals surface area contributed by atoms with Gasteiger partial charge >= 0.3 is 0 Å². The summed E-state index contributed by atoms with van der Waals surface area (Å²) in [7, 11) is 1.93. The average molecular weight is 130 g/mol. The molecule has 0 saturated heterocycles. The summed E-state index contributed by atoms with van der Waals surface area (Å²) in [5.74, 6) is 0. The molecule has 1 aromatic carbocycles. The number of hydrogen-bond donors (Lipinski definition) is 1. The van der Waals surface area contributed by atoms with Crippen LogP contribution in [0.2, 0.25) is 0 Å². The van der Waals surface area contributed by atoms with Crippen molar-refractivity contribution in [2.24, 2.45) is 0 Å². The summed E-state index contributed by atoms with van der Waals surface area (Å²) >= 11 is 0. The van der Waals surface area contributed by atoms with Gasteiger partial charge in [0.25, 0.3) is 0 Å². The van der Waals surface area contributed by atoms with E-state index >= 15 is 0 Å². The number of nitrogens with zero attached hydrogens (tertiary/aromatic N) is 1. The lowest BCUT2D eigenvalue weighted by Crippen LogP contribution is -2.03. The molecule has 2 N–H and O–H groups in total. The molecule has 3 heteroatoms. The molecule has 2 nitrogen and oxygen atoms in total. The maximum absolute atomic E-state index is 8.51. The van der Waals surface area contributed by atoms with Gasteiger partial charge in [0.05, 0.1) is 5.56 Å². The van der Waals surface area contributed by atoms with Crippen LogP contribution >= 0.6 is 0 Å². The lowest BCUT2D eigenvalue weighted by atomic mass is 9.94. The molecule has 0 aromatic heterocycles. The molecule has 0 spiro atoms. The number of rotatable bonds is 0. The summed E-state index contributed by atoms with van der Waals surface area (Å²) in [6.07, 6.45) is 0.